The number of nitrogens with zero attached hydrogens (tertiary/aromatic N) is 3. The molecule has 0 bridgehead atoms. The molecule has 0 saturated heterocycles. The quantitative estimate of drug-likeness (QED) is 0.479. The lowest BCUT2D eigenvalue weighted by Gasteiger charge is -2.04. The van der Waals surface area contributed by atoms with Crippen molar-refractivity contribution in [1.82, 2.24) is 19.4 Å². The van der Waals surface area contributed by atoms with Crippen LogP contribution in [-0.2, 0) is 17.9 Å². The van der Waals surface area contributed by atoms with Crippen molar-refractivity contribution < 1.29 is 13.6 Å². The van der Waals surface area contributed by atoms with E-state index in [1.54, 1.807) is 47.2 Å². The van der Waals surface area contributed by atoms with E-state index in [1.807, 2.05) is 6.07 Å². The van der Waals surface area contributed by atoms with Crippen LogP contribution in [0.2, 0.25) is 0 Å². The number of carbonyl (C=O) groups excluding carboxylic acids is 1. The van der Waals surface area contributed by atoms with Crippen molar-refractivity contribution in [3.8, 4) is 0 Å². The highest BCUT2D eigenvalue weighted by atomic mass is 19.1. The molecule has 0 unspecified atom stereocenters. The summed E-state index contributed by atoms with van der Waals surface area (Å²) in [5.41, 5.74) is 1.77. The van der Waals surface area contributed by atoms with Crippen LogP contribution >= 0.6 is 0 Å². The number of rotatable bonds is 7. The summed E-state index contributed by atoms with van der Waals surface area (Å²) in [7, 11) is 0. The van der Waals surface area contributed by atoms with E-state index in [0.29, 0.717) is 23.5 Å². The molecule has 0 aliphatic rings. The minimum Gasteiger partial charge on any atom is -0.465 e. The first-order valence-corrected chi connectivity index (χ1v) is 9.40. The van der Waals surface area contributed by atoms with E-state index in [9.17, 15) is 14.0 Å². The molecule has 0 aliphatic heterocycles. The maximum Gasteiger partial charge on any atom is 0.330 e. The highest BCUT2D eigenvalue weighted by Gasteiger charge is 2.14. The second-order valence-electron chi connectivity index (χ2n) is 6.63. The number of pyridine rings is 1. The van der Waals surface area contributed by atoms with Crippen molar-refractivity contribution in [2.24, 2.45) is 0 Å². The normalized spacial score (nSPS) is 11.4. The number of benzene rings is 1. The molecule has 4 aromatic rings. The summed E-state index contributed by atoms with van der Waals surface area (Å²) < 4.78 is 21.4. The van der Waals surface area contributed by atoms with E-state index in [0.717, 1.165) is 5.56 Å². The SMILES string of the molecule is O=C(C=Cc1ccco1)NCCn1c(=O)n(Cc2ccc(F)cc2)c2cccnc21. The molecule has 30 heavy (non-hydrogen) atoms. The number of fused-ring (bicyclic) bond motifs is 1. The number of amides is 1. The minimum absolute atomic E-state index is 0.242. The lowest BCUT2D eigenvalue weighted by Crippen LogP contribution is -2.31. The maximum atomic E-state index is 13.2. The summed E-state index contributed by atoms with van der Waals surface area (Å²) in [5, 5.41) is 2.74. The Morgan fingerprint density at radius 1 is 1.13 bits per heavy atom. The summed E-state index contributed by atoms with van der Waals surface area (Å²) in [4.78, 5) is 29.3. The van der Waals surface area contributed by atoms with Crippen LogP contribution in [0.1, 0.15) is 11.3 Å². The van der Waals surface area contributed by atoms with E-state index in [2.05, 4.69) is 10.3 Å². The predicted octanol–water partition coefficient (Wildman–Crippen LogP) is 2.81. The Hall–Kier alpha value is -3.94. The molecule has 152 valence electrons. The van der Waals surface area contributed by atoms with Gasteiger partial charge in [-0.05, 0) is 48.0 Å². The molecule has 0 fully saturated rings. The zero-order chi connectivity index (χ0) is 20.9. The fourth-order valence-corrected chi connectivity index (χ4v) is 3.17. The van der Waals surface area contributed by atoms with Crippen molar-refractivity contribution in [2.75, 3.05) is 6.54 Å². The Kier molecular flexibility index (Phi) is 5.56. The van der Waals surface area contributed by atoms with Crippen LogP contribution in [0.25, 0.3) is 17.2 Å². The Bertz CT molecular complexity index is 1240. The van der Waals surface area contributed by atoms with Crippen LogP contribution in [0.15, 0.2) is 76.3 Å². The topological polar surface area (TPSA) is 82.1 Å². The van der Waals surface area contributed by atoms with Gasteiger partial charge < -0.3 is 9.73 Å². The van der Waals surface area contributed by atoms with Crippen molar-refractivity contribution in [3.63, 3.8) is 0 Å². The van der Waals surface area contributed by atoms with Gasteiger partial charge in [-0.2, -0.15) is 0 Å². The molecule has 0 atom stereocenters. The molecular weight excluding hydrogens is 387 g/mol. The van der Waals surface area contributed by atoms with Gasteiger partial charge in [-0.1, -0.05) is 12.1 Å². The van der Waals surface area contributed by atoms with Crippen LogP contribution in [0.4, 0.5) is 4.39 Å². The highest BCUT2D eigenvalue weighted by molar-refractivity contribution is 5.91. The first-order chi connectivity index (χ1) is 14.6. The van der Waals surface area contributed by atoms with Crippen molar-refractivity contribution >= 4 is 23.1 Å². The Morgan fingerprint density at radius 3 is 2.73 bits per heavy atom. The van der Waals surface area contributed by atoms with Gasteiger partial charge in [0.05, 0.1) is 18.3 Å². The third-order valence-electron chi connectivity index (χ3n) is 4.61. The van der Waals surface area contributed by atoms with Gasteiger partial charge in [-0.15, -0.1) is 0 Å². The Balaban J connectivity index is 1.50. The average molecular weight is 406 g/mol. The van der Waals surface area contributed by atoms with Crippen LogP contribution < -0.4 is 11.0 Å². The van der Waals surface area contributed by atoms with Gasteiger partial charge in [0.1, 0.15) is 11.6 Å². The van der Waals surface area contributed by atoms with Crippen LogP contribution in [0.5, 0.6) is 0 Å². The molecule has 0 spiro atoms. The predicted molar refractivity (Wildman–Crippen MR) is 110 cm³/mol. The number of nitrogens with one attached hydrogen (secondary N) is 1. The lowest BCUT2D eigenvalue weighted by molar-refractivity contribution is -0.116. The van der Waals surface area contributed by atoms with E-state index >= 15 is 0 Å². The zero-order valence-corrected chi connectivity index (χ0v) is 16.0. The number of carbonyl (C=O) groups is 1. The average Bonchev–Trinajstić information content (AvgIpc) is 3.36. The monoisotopic (exact) mass is 406 g/mol. The van der Waals surface area contributed by atoms with Gasteiger partial charge in [0.25, 0.3) is 0 Å². The summed E-state index contributed by atoms with van der Waals surface area (Å²) >= 11 is 0. The molecule has 3 heterocycles. The third kappa shape index (κ3) is 4.22. The van der Waals surface area contributed by atoms with E-state index in [-0.39, 0.29) is 30.5 Å². The van der Waals surface area contributed by atoms with E-state index in [4.69, 9.17) is 4.42 Å². The van der Waals surface area contributed by atoms with Crippen molar-refractivity contribution in [2.45, 2.75) is 13.1 Å². The summed E-state index contributed by atoms with van der Waals surface area (Å²) in [6, 6.07) is 13.1. The second kappa shape index (κ2) is 8.60. The number of furan rings is 1. The zero-order valence-electron chi connectivity index (χ0n) is 16.0. The van der Waals surface area contributed by atoms with Gasteiger partial charge in [-0.25, -0.2) is 14.2 Å². The van der Waals surface area contributed by atoms with Gasteiger partial charge in [0.15, 0.2) is 5.65 Å². The van der Waals surface area contributed by atoms with Gasteiger partial charge in [0, 0.05) is 25.4 Å². The van der Waals surface area contributed by atoms with Crippen molar-refractivity contribution in [1.29, 1.82) is 0 Å². The molecule has 1 aromatic carbocycles. The Labute approximate surface area is 171 Å². The third-order valence-corrected chi connectivity index (χ3v) is 4.61. The van der Waals surface area contributed by atoms with E-state index < -0.39 is 0 Å². The molecule has 1 amide bonds. The molecule has 7 nitrogen and oxygen atoms in total. The maximum absolute atomic E-state index is 13.2. The molecule has 4 rings (SSSR count). The van der Waals surface area contributed by atoms with Crippen LogP contribution in [-0.4, -0.2) is 26.6 Å². The standard InChI is InChI=1S/C22H19FN4O3/c23-17-7-5-16(6-8-17)15-27-19-4-1-11-25-21(19)26(22(27)29)13-12-24-20(28)10-9-18-3-2-14-30-18/h1-11,14H,12-13,15H2,(H,24,28). The summed E-state index contributed by atoms with van der Waals surface area (Å²) in [5.74, 6) is -0.0380. The Morgan fingerprint density at radius 2 is 1.97 bits per heavy atom. The van der Waals surface area contributed by atoms with Gasteiger partial charge in [-0.3, -0.25) is 13.9 Å². The number of aromatic nitrogens is 3. The first-order valence-electron chi connectivity index (χ1n) is 9.40. The number of halogens is 1. The second-order valence-corrected chi connectivity index (χ2v) is 6.63. The summed E-state index contributed by atoms with van der Waals surface area (Å²) in [6.45, 7) is 0.823. The molecule has 0 radical (unpaired) electrons. The van der Waals surface area contributed by atoms with Crippen LogP contribution in [0, 0.1) is 5.82 Å². The molecule has 3 aromatic heterocycles. The molecular formula is C22H19FN4O3. The number of hydrogen-bond donors (Lipinski definition) is 1. The van der Waals surface area contributed by atoms with Gasteiger partial charge in [0.2, 0.25) is 5.91 Å². The van der Waals surface area contributed by atoms with Crippen molar-refractivity contribution in [3.05, 3.63) is 94.7 Å². The molecule has 8 heteroatoms. The fraction of sp³-hybridized carbons (Fsp3) is 0.136. The van der Waals surface area contributed by atoms with Gasteiger partial charge >= 0.3 is 5.69 Å². The first kappa shape index (κ1) is 19.4. The lowest BCUT2D eigenvalue weighted by atomic mass is 10.2. The largest absolute Gasteiger partial charge is 0.465 e. The minimum atomic E-state index is -0.327. The summed E-state index contributed by atoms with van der Waals surface area (Å²) in [6.07, 6.45) is 6.08. The number of imidazole rings is 1. The molecule has 1 N–H and O–H groups in total. The van der Waals surface area contributed by atoms with E-state index in [1.165, 1.54) is 29.0 Å². The number of hydrogen-bond acceptors (Lipinski definition) is 4. The highest BCUT2D eigenvalue weighted by Crippen LogP contribution is 2.12. The van der Waals surface area contributed by atoms with Crippen LogP contribution in [0.3, 0.4) is 0 Å². The smallest absolute Gasteiger partial charge is 0.330 e. The fourth-order valence-electron chi connectivity index (χ4n) is 3.17. The molecule has 0 aliphatic carbocycles. The molecule has 0 saturated carbocycles.